The van der Waals surface area contributed by atoms with Crippen LogP contribution >= 0.6 is 28.6 Å². The van der Waals surface area contributed by atoms with E-state index in [0.717, 1.165) is 4.47 Å². The number of carbonyl (C=O) groups is 1. The van der Waals surface area contributed by atoms with Gasteiger partial charge in [-0.1, -0.05) is 0 Å². The van der Waals surface area contributed by atoms with Crippen molar-refractivity contribution in [1.29, 1.82) is 0 Å². The molecule has 0 radical (unpaired) electrons. The Labute approximate surface area is 95.3 Å². The zero-order valence-electron chi connectivity index (χ0n) is 7.22. The summed E-state index contributed by atoms with van der Waals surface area (Å²) in [6, 6.07) is 0. The van der Waals surface area contributed by atoms with Gasteiger partial charge >= 0.3 is 0 Å². The van der Waals surface area contributed by atoms with Gasteiger partial charge in [-0.3, -0.25) is 9.69 Å². The highest BCUT2D eigenvalue weighted by Gasteiger charge is 2.29. The Hall–Kier alpha value is -0.620. The van der Waals surface area contributed by atoms with E-state index in [1.54, 1.807) is 17.3 Å². The fourth-order valence-corrected chi connectivity index (χ4v) is 1.85. The number of hydrogen-bond acceptors (Lipinski definition) is 4. The molecule has 1 aromatic rings. The quantitative estimate of drug-likeness (QED) is 0.784. The molecule has 0 aliphatic carbocycles. The van der Waals surface area contributed by atoms with Crippen LogP contribution in [0.3, 0.4) is 0 Å². The minimum Gasteiger partial charge on any atom is -0.280 e. The van der Waals surface area contributed by atoms with E-state index >= 15 is 0 Å². The molecule has 4 nitrogen and oxygen atoms in total. The van der Waals surface area contributed by atoms with Crippen molar-refractivity contribution in [1.82, 2.24) is 9.97 Å². The number of anilines is 1. The molecule has 74 valence electrons. The van der Waals surface area contributed by atoms with Crippen LogP contribution in [-0.4, -0.2) is 27.7 Å². The Kier molecular flexibility index (Phi) is 2.73. The number of rotatable bonds is 1. The Bertz CT molecular complexity index is 356. The van der Waals surface area contributed by atoms with Gasteiger partial charge in [0.2, 0.25) is 11.9 Å². The van der Waals surface area contributed by atoms with Crippen molar-refractivity contribution < 1.29 is 4.79 Å². The fourth-order valence-electron chi connectivity index (χ4n) is 1.33. The Morgan fingerprint density at radius 1 is 1.50 bits per heavy atom. The minimum absolute atomic E-state index is 0.0346. The van der Waals surface area contributed by atoms with Crippen LogP contribution in [0, 0.1) is 0 Å². The van der Waals surface area contributed by atoms with E-state index in [1.165, 1.54) is 0 Å². The van der Waals surface area contributed by atoms with Crippen LogP contribution in [0.1, 0.15) is 6.42 Å². The molecule has 1 fully saturated rings. The van der Waals surface area contributed by atoms with Crippen molar-refractivity contribution in [3.05, 3.63) is 16.9 Å². The summed E-state index contributed by atoms with van der Waals surface area (Å²) in [4.78, 5) is 21.1. The van der Waals surface area contributed by atoms with Gasteiger partial charge in [-0.05, 0) is 15.9 Å². The lowest BCUT2D eigenvalue weighted by atomic mass is 10.4. The molecule has 0 saturated carbocycles. The van der Waals surface area contributed by atoms with Crippen molar-refractivity contribution in [2.75, 3.05) is 11.4 Å². The number of hydrogen-bond donors (Lipinski definition) is 1. The smallest absolute Gasteiger partial charge is 0.232 e. The van der Waals surface area contributed by atoms with Crippen LogP contribution in [0.4, 0.5) is 5.95 Å². The highest BCUT2D eigenvalue weighted by atomic mass is 79.9. The summed E-state index contributed by atoms with van der Waals surface area (Å²) in [5.41, 5.74) is 0. The summed E-state index contributed by atoms with van der Waals surface area (Å²) in [5.74, 6) is 0.488. The van der Waals surface area contributed by atoms with Crippen LogP contribution in [0.2, 0.25) is 0 Å². The maximum Gasteiger partial charge on any atom is 0.232 e. The lowest BCUT2D eigenvalue weighted by Gasteiger charge is -2.12. The van der Waals surface area contributed by atoms with Gasteiger partial charge in [-0.15, -0.1) is 0 Å². The third-order valence-electron chi connectivity index (χ3n) is 1.95. The number of carbonyl (C=O) groups excluding carboxylic acids is 1. The summed E-state index contributed by atoms with van der Waals surface area (Å²) in [7, 11) is 0. The monoisotopic (exact) mass is 273 g/mol. The number of halogens is 1. The Morgan fingerprint density at radius 3 is 2.64 bits per heavy atom. The van der Waals surface area contributed by atoms with Crippen molar-refractivity contribution in [3.8, 4) is 0 Å². The first-order chi connectivity index (χ1) is 6.66. The maximum absolute atomic E-state index is 11.5. The number of aromatic nitrogens is 2. The summed E-state index contributed by atoms with van der Waals surface area (Å²) in [6.45, 7) is 0.587. The molecule has 0 N–H and O–H groups in total. The fraction of sp³-hybridized carbons (Fsp3) is 0.375. The number of nitrogens with zero attached hydrogens (tertiary/aromatic N) is 3. The predicted molar refractivity (Wildman–Crippen MR) is 59.5 cm³/mol. The molecule has 6 heteroatoms. The number of thiol groups is 1. The Balaban J connectivity index is 2.23. The molecule has 1 amide bonds. The molecule has 0 spiro atoms. The van der Waals surface area contributed by atoms with Crippen molar-refractivity contribution >= 4 is 40.4 Å². The van der Waals surface area contributed by atoms with Crippen molar-refractivity contribution in [3.63, 3.8) is 0 Å². The molecule has 1 aromatic heterocycles. The van der Waals surface area contributed by atoms with Crippen LogP contribution in [0.15, 0.2) is 16.9 Å². The number of amides is 1. The maximum atomic E-state index is 11.5. The third kappa shape index (κ3) is 1.90. The second-order valence-corrected chi connectivity index (χ2v) is 4.71. The van der Waals surface area contributed by atoms with Gasteiger partial charge in [0.15, 0.2) is 0 Å². The first-order valence-corrected chi connectivity index (χ1v) is 5.44. The van der Waals surface area contributed by atoms with Gasteiger partial charge in [0.1, 0.15) is 0 Å². The normalized spacial score (nSPS) is 21.7. The zero-order chi connectivity index (χ0) is 10.1. The second kappa shape index (κ2) is 3.86. The largest absolute Gasteiger partial charge is 0.280 e. The van der Waals surface area contributed by atoms with E-state index < -0.39 is 0 Å². The molecule has 1 atom stereocenters. The molecule has 2 heterocycles. The standard InChI is InChI=1S/C8H8BrN3OS/c9-5-2-10-8(11-3-5)12-4-6(14)1-7(12)13/h2-3,6,14H,1,4H2. The molecule has 0 bridgehead atoms. The van der Waals surface area contributed by atoms with Crippen LogP contribution in [0.25, 0.3) is 0 Å². The molecule has 1 unspecified atom stereocenters. The average molecular weight is 274 g/mol. The van der Waals surface area contributed by atoms with Gasteiger partial charge in [0.25, 0.3) is 0 Å². The zero-order valence-corrected chi connectivity index (χ0v) is 9.70. The van der Waals surface area contributed by atoms with E-state index in [-0.39, 0.29) is 11.2 Å². The average Bonchev–Trinajstić information content (AvgIpc) is 2.47. The molecule has 14 heavy (non-hydrogen) atoms. The van der Waals surface area contributed by atoms with E-state index in [4.69, 9.17) is 0 Å². The van der Waals surface area contributed by atoms with Crippen molar-refractivity contribution in [2.24, 2.45) is 0 Å². The van der Waals surface area contributed by atoms with Gasteiger partial charge in [-0.2, -0.15) is 12.6 Å². The van der Waals surface area contributed by atoms with Crippen LogP contribution in [0.5, 0.6) is 0 Å². The molecule has 1 aliphatic heterocycles. The van der Waals surface area contributed by atoms with E-state index in [0.29, 0.717) is 18.9 Å². The second-order valence-electron chi connectivity index (χ2n) is 3.06. The molecule has 1 aliphatic rings. The first kappa shape index (κ1) is 9.92. The third-order valence-corrected chi connectivity index (χ3v) is 2.71. The van der Waals surface area contributed by atoms with E-state index in [9.17, 15) is 4.79 Å². The van der Waals surface area contributed by atoms with E-state index in [1.807, 2.05) is 0 Å². The first-order valence-electron chi connectivity index (χ1n) is 4.13. The molecule has 1 saturated heterocycles. The highest BCUT2D eigenvalue weighted by molar-refractivity contribution is 9.10. The highest BCUT2D eigenvalue weighted by Crippen LogP contribution is 2.20. The lowest BCUT2D eigenvalue weighted by molar-refractivity contribution is -0.117. The molecular weight excluding hydrogens is 266 g/mol. The van der Waals surface area contributed by atoms with Gasteiger partial charge in [0, 0.05) is 30.6 Å². The van der Waals surface area contributed by atoms with Gasteiger partial charge in [0.05, 0.1) is 4.47 Å². The minimum atomic E-state index is 0.0346. The lowest BCUT2D eigenvalue weighted by Crippen LogP contribution is -2.26. The van der Waals surface area contributed by atoms with Crippen molar-refractivity contribution in [2.45, 2.75) is 11.7 Å². The summed E-state index contributed by atoms with van der Waals surface area (Å²) < 4.78 is 0.801. The summed E-state index contributed by atoms with van der Waals surface area (Å²) in [5, 5.41) is 0.0924. The van der Waals surface area contributed by atoms with E-state index in [2.05, 4.69) is 38.5 Å². The molecule has 2 rings (SSSR count). The predicted octanol–water partition coefficient (Wildman–Crippen LogP) is 1.27. The van der Waals surface area contributed by atoms with Gasteiger partial charge in [-0.25, -0.2) is 9.97 Å². The van der Waals surface area contributed by atoms with Crippen LogP contribution in [-0.2, 0) is 4.79 Å². The molecule has 0 aromatic carbocycles. The molecular formula is C8H8BrN3OS. The van der Waals surface area contributed by atoms with Crippen LogP contribution < -0.4 is 4.90 Å². The SMILES string of the molecule is O=C1CC(S)CN1c1ncc(Br)cn1. The van der Waals surface area contributed by atoms with Gasteiger partial charge < -0.3 is 0 Å². The topological polar surface area (TPSA) is 46.1 Å². The summed E-state index contributed by atoms with van der Waals surface area (Å²) >= 11 is 7.49. The summed E-state index contributed by atoms with van der Waals surface area (Å²) in [6.07, 6.45) is 3.71. The Morgan fingerprint density at radius 2 is 2.14 bits per heavy atom.